The van der Waals surface area contributed by atoms with Crippen molar-refractivity contribution in [3.8, 4) is 11.4 Å². The molecule has 0 aliphatic carbocycles. The van der Waals surface area contributed by atoms with Gasteiger partial charge in [-0.05, 0) is 47.1 Å². The number of nitrogens with one attached hydrogen (secondary N) is 3. The highest BCUT2D eigenvalue weighted by molar-refractivity contribution is 9.11. The number of carbonyl (C=O) groups is 2. The Morgan fingerprint density at radius 2 is 1.89 bits per heavy atom. The van der Waals surface area contributed by atoms with Crippen molar-refractivity contribution in [3.05, 3.63) is 50.9 Å². The van der Waals surface area contributed by atoms with E-state index in [9.17, 15) is 9.59 Å². The summed E-state index contributed by atoms with van der Waals surface area (Å²) in [5.74, 6) is 0.896. The summed E-state index contributed by atoms with van der Waals surface area (Å²) >= 11 is 4.64. The van der Waals surface area contributed by atoms with Gasteiger partial charge < -0.3 is 10.6 Å². The van der Waals surface area contributed by atoms with Gasteiger partial charge in [0.15, 0.2) is 5.82 Å². The Kier molecular flexibility index (Phi) is 6.25. The molecule has 7 nitrogen and oxygen atoms in total. The van der Waals surface area contributed by atoms with E-state index >= 15 is 0 Å². The predicted octanol–water partition coefficient (Wildman–Crippen LogP) is 4.18. The van der Waals surface area contributed by atoms with Crippen molar-refractivity contribution in [3.63, 3.8) is 0 Å². The van der Waals surface area contributed by atoms with E-state index in [1.807, 2.05) is 32.0 Å². The molecule has 0 radical (unpaired) electrons. The number of benzene rings is 1. The smallest absolute Gasteiger partial charge is 0.262 e. The average Bonchev–Trinajstić information content (AvgIpc) is 3.31. The lowest BCUT2D eigenvalue weighted by Gasteiger charge is -2.15. The van der Waals surface area contributed by atoms with Crippen LogP contribution in [0.25, 0.3) is 11.4 Å². The second-order valence-electron chi connectivity index (χ2n) is 6.53. The van der Waals surface area contributed by atoms with Crippen LogP contribution in [0.2, 0.25) is 0 Å². The minimum atomic E-state index is -0.709. The van der Waals surface area contributed by atoms with Gasteiger partial charge in [0.25, 0.3) is 5.91 Å². The van der Waals surface area contributed by atoms with E-state index < -0.39 is 6.04 Å². The molecular weight excluding hydrogens is 442 g/mol. The molecule has 0 aliphatic heterocycles. The minimum Gasteiger partial charge on any atom is -0.340 e. The van der Waals surface area contributed by atoms with Crippen molar-refractivity contribution in [1.29, 1.82) is 0 Å². The molecule has 0 saturated heterocycles. The van der Waals surface area contributed by atoms with Crippen LogP contribution in [0.15, 0.2) is 40.2 Å². The number of hydrogen-bond acceptors (Lipinski definition) is 5. The van der Waals surface area contributed by atoms with E-state index in [-0.39, 0.29) is 17.7 Å². The molecule has 3 rings (SSSR count). The van der Waals surface area contributed by atoms with Crippen LogP contribution < -0.4 is 10.6 Å². The quantitative estimate of drug-likeness (QED) is 0.512. The number of hydrogen-bond donors (Lipinski definition) is 3. The molecule has 28 heavy (non-hydrogen) atoms. The number of rotatable bonds is 6. The summed E-state index contributed by atoms with van der Waals surface area (Å²) in [5.41, 5.74) is 1.29. The number of anilines is 1. The number of nitrogens with zero attached hydrogens (tertiary/aromatic N) is 2. The van der Waals surface area contributed by atoms with Gasteiger partial charge in [0.05, 0.1) is 14.4 Å². The predicted molar refractivity (Wildman–Crippen MR) is 113 cm³/mol. The molecule has 2 aromatic heterocycles. The molecule has 0 aliphatic rings. The lowest BCUT2D eigenvalue weighted by molar-refractivity contribution is -0.117. The number of carbonyl (C=O) groups excluding carboxylic acids is 2. The van der Waals surface area contributed by atoms with Gasteiger partial charge in [-0.3, -0.25) is 14.7 Å². The first kappa shape index (κ1) is 20.2. The number of aromatic nitrogens is 3. The van der Waals surface area contributed by atoms with Crippen LogP contribution in [0.1, 0.15) is 42.2 Å². The second-order valence-corrected chi connectivity index (χ2v) is 9.00. The zero-order chi connectivity index (χ0) is 20.3. The summed E-state index contributed by atoms with van der Waals surface area (Å²) in [6.07, 6.45) is 0. The van der Waals surface area contributed by atoms with Crippen molar-refractivity contribution in [2.45, 2.75) is 32.7 Å². The highest BCUT2D eigenvalue weighted by Crippen LogP contribution is 2.26. The summed E-state index contributed by atoms with van der Waals surface area (Å²) in [6, 6.07) is 10.1. The third-order valence-corrected chi connectivity index (χ3v) is 5.64. The van der Waals surface area contributed by atoms with Crippen LogP contribution in [0, 0.1) is 0 Å². The number of H-pyrrole nitrogens is 1. The molecule has 3 N–H and O–H groups in total. The van der Waals surface area contributed by atoms with Crippen LogP contribution in [-0.4, -0.2) is 33.0 Å². The first-order valence-electron chi connectivity index (χ1n) is 8.74. The highest BCUT2D eigenvalue weighted by atomic mass is 79.9. The maximum Gasteiger partial charge on any atom is 0.262 e. The van der Waals surface area contributed by atoms with Crippen LogP contribution in [0.5, 0.6) is 0 Å². The number of amides is 2. The third kappa shape index (κ3) is 4.66. The highest BCUT2D eigenvalue weighted by Gasteiger charge is 2.20. The topological polar surface area (TPSA) is 99.8 Å². The Labute approximate surface area is 175 Å². The Balaban J connectivity index is 1.72. The molecule has 0 saturated carbocycles. The molecule has 146 valence electrons. The van der Waals surface area contributed by atoms with Gasteiger partial charge in [-0.25, -0.2) is 4.98 Å². The van der Waals surface area contributed by atoms with Crippen molar-refractivity contribution < 1.29 is 9.59 Å². The molecule has 1 atom stereocenters. The van der Waals surface area contributed by atoms with Gasteiger partial charge in [0.2, 0.25) is 5.91 Å². The van der Waals surface area contributed by atoms with Gasteiger partial charge >= 0.3 is 0 Å². The first-order chi connectivity index (χ1) is 13.3. The number of para-hydroxylation sites is 1. The summed E-state index contributed by atoms with van der Waals surface area (Å²) < 4.78 is 0.857. The van der Waals surface area contributed by atoms with Crippen LogP contribution in [0.3, 0.4) is 0 Å². The second kappa shape index (κ2) is 8.66. The zero-order valence-corrected chi connectivity index (χ0v) is 18.0. The fraction of sp³-hybridized carbons (Fsp3) is 0.263. The van der Waals surface area contributed by atoms with Crippen molar-refractivity contribution in [2.75, 3.05) is 5.32 Å². The van der Waals surface area contributed by atoms with E-state index in [1.165, 1.54) is 11.3 Å². The Morgan fingerprint density at radius 1 is 1.14 bits per heavy atom. The van der Waals surface area contributed by atoms with Gasteiger partial charge in [-0.2, -0.15) is 5.10 Å². The lowest BCUT2D eigenvalue weighted by atomic mass is 10.1. The summed E-state index contributed by atoms with van der Waals surface area (Å²) in [6.45, 7) is 5.69. The lowest BCUT2D eigenvalue weighted by Crippen LogP contribution is -2.41. The fourth-order valence-electron chi connectivity index (χ4n) is 2.45. The summed E-state index contributed by atoms with van der Waals surface area (Å²) in [7, 11) is 0. The normalized spacial score (nSPS) is 12.0. The number of aromatic amines is 1. The SMILES string of the molecule is CC(NC(=O)c1ccc(Br)s1)C(=O)Nc1ccccc1-c1n[nH]c(C(C)C)n1. The molecule has 0 fully saturated rings. The maximum absolute atomic E-state index is 12.6. The molecule has 9 heteroatoms. The van der Waals surface area contributed by atoms with E-state index in [0.717, 1.165) is 9.61 Å². The third-order valence-electron chi connectivity index (χ3n) is 4.01. The molecule has 2 amide bonds. The molecule has 0 bridgehead atoms. The van der Waals surface area contributed by atoms with Crippen molar-refractivity contribution in [2.24, 2.45) is 0 Å². The standard InChI is InChI=1S/C19H20BrN5O2S/c1-10(2)16-23-17(25-24-16)12-6-4-5-7-13(12)22-18(26)11(3)21-19(27)14-8-9-15(20)28-14/h4-11H,1-3H3,(H,21,27)(H,22,26)(H,23,24,25). The molecule has 1 aromatic carbocycles. The Hall–Kier alpha value is -2.52. The van der Waals surface area contributed by atoms with Gasteiger partial charge in [0.1, 0.15) is 11.9 Å². The Morgan fingerprint density at radius 3 is 2.54 bits per heavy atom. The number of thiophene rings is 1. The first-order valence-corrected chi connectivity index (χ1v) is 10.3. The Bertz CT molecular complexity index is 998. The fourth-order valence-corrected chi connectivity index (χ4v) is 3.74. The van der Waals surface area contributed by atoms with E-state index in [0.29, 0.717) is 22.0 Å². The maximum atomic E-state index is 12.6. The van der Waals surface area contributed by atoms with E-state index in [2.05, 4.69) is 41.7 Å². The van der Waals surface area contributed by atoms with Crippen LogP contribution >= 0.6 is 27.3 Å². The van der Waals surface area contributed by atoms with Gasteiger partial charge in [0, 0.05) is 11.5 Å². The van der Waals surface area contributed by atoms with Gasteiger partial charge in [-0.15, -0.1) is 11.3 Å². The van der Waals surface area contributed by atoms with Gasteiger partial charge in [-0.1, -0.05) is 26.0 Å². The van der Waals surface area contributed by atoms with E-state index in [4.69, 9.17) is 0 Å². The molecule has 2 heterocycles. The largest absolute Gasteiger partial charge is 0.340 e. The molecular formula is C19H20BrN5O2S. The van der Waals surface area contributed by atoms with Crippen LogP contribution in [0.4, 0.5) is 5.69 Å². The molecule has 3 aromatic rings. The van der Waals surface area contributed by atoms with Crippen molar-refractivity contribution >= 4 is 44.8 Å². The summed E-state index contributed by atoms with van der Waals surface area (Å²) in [4.78, 5) is 29.9. The molecule has 0 spiro atoms. The van der Waals surface area contributed by atoms with Crippen LogP contribution in [-0.2, 0) is 4.79 Å². The van der Waals surface area contributed by atoms with Crippen molar-refractivity contribution in [1.82, 2.24) is 20.5 Å². The average molecular weight is 462 g/mol. The minimum absolute atomic E-state index is 0.218. The number of halogens is 1. The monoisotopic (exact) mass is 461 g/mol. The molecule has 1 unspecified atom stereocenters. The van der Waals surface area contributed by atoms with E-state index in [1.54, 1.807) is 25.1 Å². The zero-order valence-electron chi connectivity index (χ0n) is 15.6. The summed E-state index contributed by atoms with van der Waals surface area (Å²) in [5, 5.41) is 12.7.